The first-order valence-electron chi connectivity index (χ1n) is 7.38. The van der Waals surface area contributed by atoms with Crippen LogP contribution in [0.4, 0.5) is 0 Å². The molecule has 2 N–H and O–H groups in total. The molecule has 0 aliphatic rings. The van der Waals surface area contributed by atoms with Crippen LogP contribution >= 0.6 is 0 Å². The molecule has 1 aromatic heterocycles. The molecule has 0 saturated heterocycles. The van der Waals surface area contributed by atoms with Gasteiger partial charge in [0, 0.05) is 6.54 Å². The largest absolute Gasteiger partial charge is 0.491 e. The Balaban J connectivity index is 1.75. The van der Waals surface area contributed by atoms with Gasteiger partial charge in [0.15, 0.2) is 0 Å². The maximum absolute atomic E-state index is 11.7. The van der Waals surface area contributed by atoms with E-state index in [0.29, 0.717) is 5.76 Å². The number of benzene rings is 1. The third kappa shape index (κ3) is 5.50. The third-order valence-corrected chi connectivity index (χ3v) is 2.96. The lowest BCUT2D eigenvalue weighted by Gasteiger charge is -2.10. The van der Waals surface area contributed by atoms with E-state index in [0.717, 1.165) is 11.3 Å². The Morgan fingerprint density at radius 1 is 1.04 bits per heavy atom. The number of ether oxygens (including phenoxy) is 1. The highest BCUT2D eigenvalue weighted by molar-refractivity contribution is 6.35. The molecular weight excluding hydrogens is 296 g/mol. The highest BCUT2D eigenvalue weighted by atomic mass is 16.5. The summed E-state index contributed by atoms with van der Waals surface area (Å²) in [6.07, 6.45) is 1.62. The van der Waals surface area contributed by atoms with Crippen LogP contribution in [0, 0.1) is 0 Å². The zero-order valence-electron chi connectivity index (χ0n) is 13.2. The molecule has 0 aliphatic heterocycles. The lowest BCUT2D eigenvalue weighted by Crippen LogP contribution is -2.39. The molecule has 0 bridgehead atoms. The number of hydrogen-bond donors (Lipinski definition) is 2. The van der Waals surface area contributed by atoms with Crippen molar-refractivity contribution in [2.75, 3.05) is 0 Å². The smallest absolute Gasteiger partial charge is 0.309 e. The van der Waals surface area contributed by atoms with E-state index in [-0.39, 0.29) is 19.2 Å². The minimum absolute atomic E-state index is 0.110. The minimum atomic E-state index is -0.693. The van der Waals surface area contributed by atoms with E-state index in [9.17, 15) is 9.59 Å². The molecule has 0 saturated carbocycles. The van der Waals surface area contributed by atoms with Crippen molar-refractivity contribution in [3.05, 3.63) is 54.0 Å². The fourth-order valence-electron chi connectivity index (χ4n) is 1.88. The summed E-state index contributed by atoms with van der Waals surface area (Å²) >= 11 is 0. The van der Waals surface area contributed by atoms with Crippen LogP contribution in [0.25, 0.3) is 0 Å². The van der Waals surface area contributed by atoms with Crippen LogP contribution < -0.4 is 15.4 Å². The molecule has 6 nitrogen and oxygen atoms in total. The number of carbonyl (C=O) groups is 2. The van der Waals surface area contributed by atoms with Crippen molar-refractivity contribution >= 4 is 11.8 Å². The number of carbonyl (C=O) groups excluding carboxylic acids is 2. The lowest BCUT2D eigenvalue weighted by atomic mass is 10.2. The first-order valence-corrected chi connectivity index (χ1v) is 7.38. The maximum Gasteiger partial charge on any atom is 0.309 e. The standard InChI is InChI=1S/C17H20N2O4/c1-12(2)23-14-7-5-13(6-8-14)10-18-16(20)17(21)19-11-15-4-3-9-22-15/h3-9,12H,10-11H2,1-2H3,(H,18,20)(H,19,21). The van der Waals surface area contributed by atoms with Crippen molar-refractivity contribution in [1.29, 1.82) is 0 Å². The summed E-state index contributed by atoms with van der Waals surface area (Å²) in [5.41, 5.74) is 0.883. The Labute approximate surface area is 134 Å². The van der Waals surface area contributed by atoms with Gasteiger partial charge in [0.05, 0.1) is 18.9 Å². The lowest BCUT2D eigenvalue weighted by molar-refractivity contribution is -0.139. The highest BCUT2D eigenvalue weighted by Crippen LogP contribution is 2.13. The van der Waals surface area contributed by atoms with Gasteiger partial charge in [-0.1, -0.05) is 12.1 Å². The molecular formula is C17H20N2O4. The summed E-state index contributed by atoms with van der Waals surface area (Å²) in [7, 11) is 0. The minimum Gasteiger partial charge on any atom is -0.491 e. The van der Waals surface area contributed by atoms with E-state index >= 15 is 0 Å². The molecule has 1 heterocycles. The molecule has 2 aromatic rings. The van der Waals surface area contributed by atoms with Crippen LogP contribution in [0.2, 0.25) is 0 Å². The molecule has 6 heteroatoms. The van der Waals surface area contributed by atoms with Gasteiger partial charge in [-0.3, -0.25) is 9.59 Å². The summed E-state index contributed by atoms with van der Waals surface area (Å²) in [4.78, 5) is 23.4. The molecule has 0 spiro atoms. The van der Waals surface area contributed by atoms with Gasteiger partial charge in [0.1, 0.15) is 11.5 Å². The second-order valence-corrected chi connectivity index (χ2v) is 5.26. The first-order chi connectivity index (χ1) is 11.0. The van der Waals surface area contributed by atoms with E-state index in [1.54, 1.807) is 12.1 Å². The van der Waals surface area contributed by atoms with Crippen molar-refractivity contribution in [3.8, 4) is 5.75 Å². The quantitative estimate of drug-likeness (QED) is 0.799. The SMILES string of the molecule is CC(C)Oc1ccc(CNC(=O)C(=O)NCc2ccco2)cc1. The molecule has 0 unspecified atom stereocenters. The Bertz CT molecular complexity index is 633. The predicted molar refractivity (Wildman–Crippen MR) is 84.6 cm³/mol. The molecule has 1 aromatic carbocycles. The summed E-state index contributed by atoms with van der Waals surface area (Å²) < 4.78 is 10.6. The molecule has 0 fully saturated rings. The van der Waals surface area contributed by atoms with E-state index in [2.05, 4.69) is 10.6 Å². The maximum atomic E-state index is 11.7. The van der Waals surface area contributed by atoms with Crippen molar-refractivity contribution in [3.63, 3.8) is 0 Å². The van der Waals surface area contributed by atoms with Crippen LogP contribution in [-0.4, -0.2) is 17.9 Å². The van der Waals surface area contributed by atoms with Crippen LogP contribution in [0.1, 0.15) is 25.2 Å². The number of furan rings is 1. The molecule has 0 atom stereocenters. The Kier molecular flexibility index (Phi) is 5.80. The summed E-state index contributed by atoms with van der Waals surface area (Å²) in [5.74, 6) is -0.0154. The summed E-state index contributed by atoms with van der Waals surface area (Å²) in [6, 6.07) is 10.8. The number of amides is 2. The van der Waals surface area contributed by atoms with Gasteiger partial charge in [-0.25, -0.2) is 0 Å². The van der Waals surface area contributed by atoms with Gasteiger partial charge in [0.25, 0.3) is 0 Å². The monoisotopic (exact) mass is 316 g/mol. The van der Waals surface area contributed by atoms with Gasteiger partial charge in [-0.2, -0.15) is 0 Å². The molecule has 0 aliphatic carbocycles. The van der Waals surface area contributed by atoms with Crippen molar-refractivity contribution in [2.45, 2.75) is 33.0 Å². The molecule has 122 valence electrons. The van der Waals surface area contributed by atoms with Crippen molar-refractivity contribution in [2.24, 2.45) is 0 Å². The Hall–Kier alpha value is -2.76. The van der Waals surface area contributed by atoms with Crippen LogP contribution in [0.15, 0.2) is 47.1 Å². The average molecular weight is 316 g/mol. The molecule has 2 amide bonds. The Morgan fingerprint density at radius 2 is 1.70 bits per heavy atom. The third-order valence-electron chi connectivity index (χ3n) is 2.96. The predicted octanol–water partition coefficient (Wildman–Crippen LogP) is 2.00. The van der Waals surface area contributed by atoms with Crippen LogP contribution in [0.3, 0.4) is 0 Å². The van der Waals surface area contributed by atoms with E-state index < -0.39 is 11.8 Å². The molecule has 23 heavy (non-hydrogen) atoms. The van der Waals surface area contributed by atoms with Crippen molar-refractivity contribution < 1.29 is 18.7 Å². The summed E-state index contributed by atoms with van der Waals surface area (Å²) in [5, 5.41) is 5.05. The van der Waals surface area contributed by atoms with Gasteiger partial charge in [0.2, 0.25) is 0 Å². The highest BCUT2D eigenvalue weighted by Gasteiger charge is 2.13. The fraction of sp³-hybridized carbons (Fsp3) is 0.294. The van der Waals surface area contributed by atoms with E-state index in [4.69, 9.17) is 9.15 Å². The van der Waals surface area contributed by atoms with Crippen molar-refractivity contribution in [1.82, 2.24) is 10.6 Å². The van der Waals surface area contributed by atoms with Gasteiger partial charge in [-0.15, -0.1) is 0 Å². The van der Waals surface area contributed by atoms with Gasteiger partial charge >= 0.3 is 11.8 Å². The van der Waals surface area contributed by atoms with Crippen LogP contribution in [-0.2, 0) is 22.7 Å². The Morgan fingerprint density at radius 3 is 2.26 bits per heavy atom. The number of hydrogen-bond acceptors (Lipinski definition) is 4. The van der Waals surface area contributed by atoms with Gasteiger partial charge in [-0.05, 0) is 43.7 Å². The topological polar surface area (TPSA) is 80.6 Å². The molecule has 0 radical (unpaired) electrons. The average Bonchev–Trinajstić information content (AvgIpc) is 3.04. The van der Waals surface area contributed by atoms with E-state index in [1.807, 2.05) is 38.1 Å². The van der Waals surface area contributed by atoms with Crippen LogP contribution in [0.5, 0.6) is 5.75 Å². The molecule has 2 rings (SSSR count). The second kappa shape index (κ2) is 8.03. The number of nitrogens with one attached hydrogen (secondary N) is 2. The normalized spacial score (nSPS) is 10.4. The second-order valence-electron chi connectivity index (χ2n) is 5.26. The zero-order valence-corrected chi connectivity index (χ0v) is 13.2. The number of rotatable bonds is 6. The zero-order chi connectivity index (χ0) is 16.7. The fourth-order valence-corrected chi connectivity index (χ4v) is 1.88. The summed E-state index contributed by atoms with van der Waals surface area (Å²) in [6.45, 7) is 4.36. The van der Waals surface area contributed by atoms with E-state index in [1.165, 1.54) is 6.26 Å². The van der Waals surface area contributed by atoms with Gasteiger partial charge < -0.3 is 19.8 Å². The first kappa shape index (κ1) is 16.6.